The van der Waals surface area contributed by atoms with E-state index in [0.717, 1.165) is 11.1 Å². The number of aromatic nitrogens is 2. The quantitative estimate of drug-likeness (QED) is 0.130. The summed E-state index contributed by atoms with van der Waals surface area (Å²) in [5, 5.41) is 23.6. The fourth-order valence-corrected chi connectivity index (χ4v) is 4.08. The number of amides is 2. The average molecular weight is 681 g/mol. The van der Waals surface area contributed by atoms with Crippen LogP contribution < -0.4 is 20.1 Å². The maximum Gasteiger partial charge on any atom is 0.407 e. The van der Waals surface area contributed by atoms with Crippen LogP contribution in [0, 0.1) is 5.92 Å². The van der Waals surface area contributed by atoms with E-state index in [1.54, 1.807) is 26.8 Å². The van der Waals surface area contributed by atoms with Gasteiger partial charge in [0.15, 0.2) is 11.5 Å². The lowest BCUT2D eigenvalue weighted by Gasteiger charge is -2.19. The minimum atomic E-state index is -0.791. The molecule has 0 fully saturated rings. The van der Waals surface area contributed by atoms with Crippen LogP contribution in [0.2, 0.25) is 0 Å². The molecule has 0 aliphatic heterocycles. The zero-order valence-electron chi connectivity index (χ0n) is 29.4. The first-order valence-electron chi connectivity index (χ1n) is 16.1. The molecule has 13 heteroatoms. The van der Waals surface area contributed by atoms with Gasteiger partial charge in [0.1, 0.15) is 24.4 Å². The van der Waals surface area contributed by atoms with Crippen LogP contribution in [-0.4, -0.2) is 65.1 Å². The van der Waals surface area contributed by atoms with Crippen LogP contribution in [-0.2, 0) is 9.47 Å². The van der Waals surface area contributed by atoms with Crippen molar-refractivity contribution in [3.8, 4) is 34.4 Å². The van der Waals surface area contributed by atoms with Crippen molar-refractivity contribution in [2.24, 2.45) is 5.92 Å². The topological polar surface area (TPSA) is 167 Å². The van der Waals surface area contributed by atoms with E-state index < -0.39 is 29.5 Å². The number of ether oxygens (including phenoxy) is 4. The van der Waals surface area contributed by atoms with Gasteiger partial charge in [0, 0.05) is 17.2 Å². The van der Waals surface area contributed by atoms with Crippen molar-refractivity contribution < 1.29 is 42.7 Å². The lowest BCUT2D eigenvalue weighted by atomic mass is 9.97. The SMILES string of the molecule is CC(C)(C)OC(=O)NCCOc1cc(-c2ccccc2)on1.CC(C)C(O)c1c(OCCNC(=O)OC(C)(C)C)noc1-c1ccccc1. The molecule has 2 aromatic heterocycles. The Kier molecular flexibility index (Phi) is 14.0. The highest BCUT2D eigenvalue weighted by Crippen LogP contribution is 2.38. The molecule has 4 rings (SSSR count). The van der Waals surface area contributed by atoms with Gasteiger partial charge >= 0.3 is 12.2 Å². The predicted octanol–water partition coefficient (Wildman–Crippen LogP) is 7.18. The number of carbonyl (C=O) groups excluding carboxylic acids is 2. The molecule has 3 N–H and O–H groups in total. The number of aliphatic hydroxyl groups is 1. The molecule has 0 radical (unpaired) electrons. The lowest BCUT2D eigenvalue weighted by Crippen LogP contribution is -2.34. The molecule has 0 aliphatic carbocycles. The number of hydrogen-bond acceptors (Lipinski definition) is 11. The van der Waals surface area contributed by atoms with Crippen LogP contribution in [0.5, 0.6) is 11.8 Å². The summed E-state index contributed by atoms with van der Waals surface area (Å²) in [6, 6.07) is 20.8. The fourth-order valence-electron chi connectivity index (χ4n) is 4.08. The summed E-state index contributed by atoms with van der Waals surface area (Å²) in [6.45, 7) is 15.6. The third-order valence-electron chi connectivity index (χ3n) is 6.23. The first-order chi connectivity index (χ1) is 23.1. The number of nitrogens with one attached hydrogen (secondary N) is 2. The third-order valence-corrected chi connectivity index (χ3v) is 6.23. The van der Waals surface area contributed by atoms with Crippen molar-refractivity contribution in [2.75, 3.05) is 26.3 Å². The molecule has 266 valence electrons. The molecular formula is C36H48N4O9. The first-order valence-corrected chi connectivity index (χ1v) is 16.1. The molecule has 2 amide bonds. The Bertz CT molecular complexity index is 1570. The Morgan fingerprint density at radius 1 is 0.755 bits per heavy atom. The fraction of sp³-hybridized carbons (Fsp3) is 0.444. The van der Waals surface area contributed by atoms with Crippen molar-refractivity contribution in [3.05, 3.63) is 72.3 Å². The highest BCUT2D eigenvalue weighted by molar-refractivity contribution is 5.68. The number of aliphatic hydroxyl groups excluding tert-OH is 1. The molecule has 13 nitrogen and oxygen atoms in total. The van der Waals surface area contributed by atoms with Gasteiger partial charge in [0.25, 0.3) is 11.8 Å². The van der Waals surface area contributed by atoms with Crippen LogP contribution in [0.3, 0.4) is 0 Å². The largest absolute Gasteiger partial charge is 0.474 e. The van der Waals surface area contributed by atoms with Crippen molar-refractivity contribution in [1.82, 2.24) is 20.9 Å². The number of hydrogen-bond donors (Lipinski definition) is 3. The van der Waals surface area contributed by atoms with Gasteiger partial charge in [0.2, 0.25) is 0 Å². The molecular weight excluding hydrogens is 632 g/mol. The van der Waals surface area contributed by atoms with Crippen molar-refractivity contribution >= 4 is 12.2 Å². The Labute approximate surface area is 287 Å². The van der Waals surface area contributed by atoms with Crippen molar-refractivity contribution in [3.63, 3.8) is 0 Å². The minimum absolute atomic E-state index is 0.0471. The van der Waals surface area contributed by atoms with Crippen LogP contribution in [0.15, 0.2) is 75.8 Å². The van der Waals surface area contributed by atoms with Gasteiger partial charge in [0.05, 0.1) is 24.8 Å². The first kappa shape index (κ1) is 38.4. The van der Waals surface area contributed by atoms with Gasteiger partial charge in [-0.3, -0.25) is 0 Å². The summed E-state index contributed by atoms with van der Waals surface area (Å²) in [5.41, 5.74) is 1.17. The zero-order valence-corrected chi connectivity index (χ0v) is 29.4. The summed E-state index contributed by atoms with van der Waals surface area (Å²) in [5.74, 6) is 1.67. The van der Waals surface area contributed by atoms with E-state index in [1.165, 1.54) is 0 Å². The predicted molar refractivity (Wildman–Crippen MR) is 183 cm³/mol. The Balaban J connectivity index is 0.000000271. The van der Waals surface area contributed by atoms with Crippen molar-refractivity contribution in [1.29, 1.82) is 0 Å². The van der Waals surface area contributed by atoms with E-state index in [0.29, 0.717) is 29.5 Å². The number of rotatable bonds is 12. The highest BCUT2D eigenvalue weighted by atomic mass is 16.6. The van der Waals surface area contributed by atoms with Crippen LogP contribution in [0.4, 0.5) is 9.59 Å². The smallest absolute Gasteiger partial charge is 0.407 e. The molecule has 0 saturated heterocycles. The molecule has 0 spiro atoms. The van der Waals surface area contributed by atoms with Gasteiger partial charge in [-0.1, -0.05) is 74.5 Å². The number of carbonyl (C=O) groups is 2. The normalized spacial score (nSPS) is 12.0. The Morgan fingerprint density at radius 3 is 1.78 bits per heavy atom. The molecule has 0 aliphatic rings. The molecule has 49 heavy (non-hydrogen) atoms. The van der Waals surface area contributed by atoms with E-state index in [4.69, 9.17) is 28.0 Å². The number of benzene rings is 2. The van der Waals surface area contributed by atoms with Gasteiger partial charge < -0.3 is 43.7 Å². The van der Waals surface area contributed by atoms with E-state index in [9.17, 15) is 14.7 Å². The van der Waals surface area contributed by atoms with E-state index >= 15 is 0 Å². The van der Waals surface area contributed by atoms with E-state index in [1.807, 2.05) is 95.3 Å². The molecule has 4 aromatic rings. The molecule has 0 bridgehead atoms. The zero-order chi connectivity index (χ0) is 36.0. The summed E-state index contributed by atoms with van der Waals surface area (Å²) in [6.07, 6.45) is -1.78. The second-order valence-electron chi connectivity index (χ2n) is 13.2. The minimum Gasteiger partial charge on any atom is -0.474 e. The Hall–Kier alpha value is -5.04. The summed E-state index contributed by atoms with van der Waals surface area (Å²) >= 11 is 0. The highest BCUT2D eigenvalue weighted by Gasteiger charge is 2.27. The second kappa shape index (κ2) is 17.9. The number of alkyl carbamates (subject to hydrolysis) is 2. The second-order valence-corrected chi connectivity index (χ2v) is 13.2. The lowest BCUT2D eigenvalue weighted by molar-refractivity contribution is 0.0508. The maximum absolute atomic E-state index is 11.7. The van der Waals surface area contributed by atoms with Gasteiger partial charge in [-0.15, -0.1) is 0 Å². The summed E-state index contributed by atoms with van der Waals surface area (Å²) in [4.78, 5) is 23.1. The van der Waals surface area contributed by atoms with Crippen molar-refractivity contribution in [2.45, 2.75) is 72.7 Å². The van der Waals surface area contributed by atoms with E-state index in [2.05, 4.69) is 20.9 Å². The standard InChI is InChI=1S/C20H28N2O5.C16H20N2O4/c1-13(2)16(23)15-17(14-9-7-6-8-10-14)27-22-18(15)25-12-11-21-19(24)26-20(3,4)5;1-16(2,3)21-15(19)17-9-10-20-14-11-13(22-18-14)12-7-5-4-6-8-12/h6-10,13,16,23H,11-12H2,1-5H3,(H,21,24);4-8,11H,9-10H2,1-3H3,(H,17,19). The van der Waals surface area contributed by atoms with Gasteiger partial charge in [-0.25, -0.2) is 9.59 Å². The molecule has 1 unspecified atom stereocenters. The monoisotopic (exact) mass is 680 g/mol. The maximum atomic E-state index is 11.7. The molecule has 2 aromatic carbocycles. The van der Waals surface area contributed by atoms with Crippen LogP contribution in [0.1, 0.15) is 67.1 Å². The van der Waals surface area contributed by atoms with Gasteiger partial charge in [-0.2, -0.15) is 0 Å². The number of nitrogens with zero attached hydrogens (tertiary/aromatic N) is 2. The summed E-state index contributed by atoms with van der Waals surface area (Å²) in [7, 11) is 0. The molecule has 1 atom stereocenters. The third kappa shape index (κ3) is 13.5. The summed E-state index contributed by atoms with van der Waals surface area (Å²) < 4.78 is 32.0. The Morgan fingerprint density at radius 2 is 1.27 bits per heavy atom. The van der Waals surface area contributed by atoms with Crippen LogP contribution >= 0.6 is 0 Å². The molecule has 0 saturated carbocycles. The molecule has 2 heterocycles. The van der Waals surface area contributed by atoms with Crippen LogP contribution in [0.25, 0.3) is 22.6 Å². The average Bonchev–Trinajstić information content (AvgIpc) is 3.68. The van der Waals surface area contributed by atoms with E-state index in [-0.39, 0.29) is 31.6 Å². The van der Waals surface area contributed by atoms with Gasteiger partial charge in [-0.05, 0) is 57.8 Å².